The number of nitrogens with zero attached hydrogens (tertiary/aromatic N) is 1. The molecule has 0 radical (unpaired) electrons. The molecule has 1 fully saturated rings. The second-order valence-electron chi connectivity index (χ2n) is 5.81. The van der Waals surface area contributed by atoms with Crippen LogP contribution in [0.25, 0.3) is 0 Å². The lowest BCUT2D eigenvalue weighted by atomic mass is 9.61. The fourth-order valence-electron chi connectivity index (χ4n) is 2.95. The van der Waals surface area contributed by atoms with Crippen molar-refractivity contribution in [3.63, 3.8) is 0 Å². The molecule has 1 heterocycles. The predicted octanol–water partition coefficient (Wildman–Crippen LogP) is 3.70. The third-order valence-electron chi connectivity index (χ3n) is 4.57. The topological polar surface area (TPSA) is 34.1 Å². The van der Waals surface area contributed by atoms with E-state index in [1.165, 1.54) is 5.01 Å². The van der Waals surface area contributed by atoms with E-state index in [1.807, 2.05) is 0 Å². The Hall–Kier alpha value is -0.450. The molecule has 0 aliphatic heterocycles. The van der Waals surface area contributed by atoms with Crippen LogP contribution in [0.15, 0.2) is 5.38 Å². The average Bonchev–Trinajstić information content (AvgIpc) is 2.83. The molecule has 1 aromatic heterocycles. The Morgan fingerprint density at radius 2 is 2.32 bits per heavy atom. The molecule has 1 aromatic rings. The highest BCUT2D eigenvalue weighted by atomic mass is 32.1. The molecule has 2 rings (SSSR count). The van der Waals surface area contributed by atoms with Gasteiger partial charge in [0.25, 0.3) is 0 Å². The second-order valence-corrected chi connectivity index (χ2v) is 6.70. The van der Waals surface area contributed by atoms with Crippen LogP contribution in [0.2, 0.25) is 0 Å². The van der Waals surface area contributed by atoms with Crippen LogP contribution in [0.1, 0.15) is 57.3 Å². The Morgan fingerprint density at radius 3 is 2.84 bits per heavy atom. The number of aryl methyl sites for hydroxylation is 1. The molecule has 1 saturated carbocycles. The number of aromatic nitrogens is 1. The summed E-state index contributed by atoms with van der Waals surface area (Å²) in [6.45, 7) is 11.8. The summed E-state index contributed by atoms with van der Waals surface area (Å²) in [5, 5.41) is 7.06. The molecular weight excluding hydrogens is 256 g/mol. The van der Waals surface area contributed by atoms with Crippen molar-refractivity contribution in [2.24, 2.45) is 5.41 Å². The first-order chi connectivity index (χ1) is 9.01. The zero-order chi connectivity index (χ0) is 14.0. The Labute approximate surface area is 120 Å². The standard InChI is InChI=1S/C15H26N2OS/c1-6-15(5)12(8-13(15)18-7-2)17-11(4)14-16-10(3)9-19-14/h9,11-13,17H,6-8H2,1-5H3. The van der Waals surface area contributed by atoms with Crippen molar-refractivity contribution in [2.45, 2.75) is 65.6 Å². The summed E-state index contributed by atoms with van der Waals surface area (Å²) in [5.74, 6) is 0. The summed E-state index contributed by atoms with van der Waals surface area (Å²) in [6.07, 6.45) is 2.68. The maximum atomic E-state index is 5.85. The third kappa shape index (κ3) is 2.86. The molecule has 0 bridgehead atoms. The lowest BCUT2D eigenvalue weighted by molar-refractivity contribution is -0.127. The van der Waals surface area contributed by atoms with Crippen LogP contribution in [0.3, 0.4) is 0 Å². The first kappa shape index (κ1) is 14.9. The molecule has 0 amide bonds. The van der Waals surface area contributed by atoms with E-state index in [2.05, 4.69) is 50.3 Å². The summed E-state index contributed by atoms with van der Waals surface area (Å²) >= 11 is 1.75. The van der Waals surface area contributed by atoms with Crippen molar-refractivity contribution in [1.29, 1.82) is 0 Å². The molecule has 0 spiro atoms. The highest BCUT2D eigenvalue weighted by molar-refractivity contribution is 7.09. The lowest BCUT2D eigenvalue weighted by Crippen LogP contribution is -2.62. The summed E-state index contributed by atoms with van der Waals surface area (Å²) in [6, 6.07) is 0.866. The fourth-order valence-corrected chi connectivity index (χ4v) is 3.77. The SMILES string of the molecule is CCOC1CC(NC(C)c2nc(C)cs2)C1(C)CC. The van der Waals surface area contributed by atoms with Gasteiger partial charge in [0.1, 0.15) is 5.01 Å². The van der Waals surface area contributed by atoms with Gasteiger partial charge in [0.05, 0.1) is 12.1 Å². The second kappa shape index (κ2) is 5.90. The smallest absolute Gasteiger partial charge is 0.110 e. The van der Waals surface area contributed by atoms with E-state index in [-0.39, 0.29) is 5.41 Å². The van der Waals surface area contributed by atoms with Gasteiger partial charge in [0.2, 0.25) is 0 Å². The van der Waals surface area contributed by atoms with Gasteiger partial charge < -0.3 is 10.1 Å². The van der Waals surface area contributed by atoms with Crippen LogP contribution in [0.5, 0.6) is 0 Å². The predicted molar refractivity (Wildman–Crippen MR) is 80.6 cm³/mol. The van der Waals surface area contributed by atoms with Gasteiger partial charge in [-0.25, -0.2) is 4.98 Å². The number of nitrogens with one attached hydrogen (secondary N) is 1. The van der Waals surface area contributed by atoms with Gasteiger partial charge in [-0.3, -0.25) is 0 Å². The first-order valence-electron chi connectivity index (χ1n) is 7.31. The molecule has 1 aliphatic carbocycles. The highest BCUT2D eigenvalue weighted by Crippen LogP contribution is 2.46. The maximum absolute atomic E-state index is 5.85. The first-order valence-corrected chi connectivity index (χ1v) is 8.18. The van der Waals surface area contributed by atoms with E-state index in [4.69, 9.17) is 4.74 Å². The molecule has 108 valence electrons. The van der Waals surface area contributed by atoms with E-state index < -0.39 is 0 Å². The van der Waals surface area contributed by atoms with Crippen molar-refractivity contribution in [3.8, 4) is 0 Å². The molecule has 1 aliphatic rings. The van der Waals surface area contributed by atoms with E-state index in [0.29, 0.717) is 18.2 Å². The van der Waals surface area contributed by atoms with Gasteiger partial charge in [0.15, 0.2) is 0 Å². The molecule has 19 heavy (non-hydrogen) atoms. The minimum Gasteiger partial charge on any atom is -0.378 e. The summed E-state index contributed by atoms with van der Waals surface area (Å²) < 4.78 is 5.85. The fraction of sp³-hybridized carbons (Fsp3) is 0.800. The molecule has 4 atom stereocenters. The van der Waals surface area contributed by atoms with Gasteiger partial charge in [0, 0.05) is 29.1 Å². The van der Waals surface area contributed by atoms with Crippen LogP contribution < -0.4 is 5.32 Å². The van der Waals surface area contributed by atoms with Gasteiger partial charge in [-0.15, -0.1) is 11.3 Å². The van der Waals surface area contributed by atoms with Crippen molar-refractivity contribution in [2.75, 3.05) is 6.61 Å². The quantitative estimate of drug-likeness (QED) is 0.864. The zero-order valence-corrected chi connectivity index (χ0v) is 13.5. The maximum Gasteiger partial charge on any atom is 0.110 e. The van der Waals surface area contributed by atoms with Crippen molar-refractivity contribution in [3.05, 3.63) is 16.1 Å². The Bertz CT molecular complexity index is 420. The summed E-state index contributed by atoms with van der Waals surface area (Å²) in [5.41, 5.74) is 1.38. The van der Waals surface area contributed by atoms with Crippen molar-refractivity contribution < 1.29 is 4.74 Å². The van der Waals surface area contributed by atoms with Crippen LogP contribution in [0.4, 0.5) is 0 Å². The molecule has 1 N–H and O–H groups in total. The normalized spacial score (nSPS) is 32.1. The number of rotatable bonds is 6. The van der Waals surface area contributed by atoms with Crippen LogP contribution in [0, 0.1) is 12.3 Å². The van der Waals surface area contributed by atoms with E-state index in [0.717, 1.165) is 25.1 Å². The van der Waals surface area contributed by atoms with Crippen molar-refractivity contribution in [1.82, 2.24) is 10.3 Å². The number of hydrogen-bond donors (Lipinski definition) is 1. The van der Waals surface area contributed by atoms with Crippen molar-refractivity contribution >= 4 is 11.3 Å². The zero-order valence-electron chi connectivity index (χ0n) is 12.7. The van der Waals surface area contributed by atoms with E-state index >= 15 is 0 Å². The molecule has 0 aromatic carbocycles. The molecule has 4 heteroatoms. The number of ether oxygens (including phenoxy) is 1. The lowest BCUT2D eigenvalue weighted by Gasteiger charge is -2.54. The Balaban J connectivity index is 1.96. The highest BCUT2D eigenvalue weighted by Gasteiger charge is 2.51. The molecule has 4 unspecified atom stereocenters. The van der Waals surface area contributed by atoms with Crippen LogP contribution >= 0.6 is 11.3 Å². The number of thiazole rings is 1. The van der Waals surface area contributed by atoms with E-state index in [1.54, 1.807) is 11.3 Å². The number of hydrogen-bond acceptors (Lipinski definition) is 4. The van der Waals surface area contributed by atoms with Crippen LogP contribution in [-0.4, -0.2) is 23.7 Å². The summed E-state index contributed by atoms with van der Waals surface area (Å²) in [7, 11) is 0. The van der Waals surface area contributed by atoms with Gasteiger partial charge >= 0.3 is 0 Å². The van der Waals surface area contributed by atoms with Crippen LogP contribution in [-0.2, 0) is 4.74 Å². The van der Waals surface area contributed by atoms with Gasteiger partial charge in [-0.05, 0) is 33.6 Å². The third-order valence-corrected chi connectivity index (χ3v) is 5.71. The molecule has 3 nitrogen and oxygen atoms in total. The molecular formula is C15H26N2OS. The van der Waals surface area contributed by atoms with Gasteiger partial charge in [-0.1, -0.05) is 13.8 Å². The minimum atomic E-state index is 0.260. The average molecular weight is 282 g/mol. The Kier molecular flexibility index (Phi) is 4.64. The van der Waals surface area contributed by atoms with Gasteiger partial charge in [-0.2, -0.15) is 0 Å². The largest absolute Gasteiger partial charge is 0.378 e. The Morgan fingerprint density at radius 1 is 1.58 bits per heavy atom. The molecule has 0 saturated heterocycles. The summed E-state index contributed by atoms with van der Waals surface area (Å²) in [4.78, 5) is 4.58. The monoisotopic (exact) mass is 282 g/mol. The minimum absolute atomic E-state index is 0.260. The van der Waals surface area contributed by atoms with E-state index in [9.17, 15) is 0 Å².